The van der Waals surface area contributed by atoms with Crippen LogP contribution in [0, 0.1) is 50.2 Å². The zero-order valence-electron chi connectivity index (χ0n) is 21.9. The molecule has 0 aromatic carbocycles. The van der Waals surface area contributed by atoms with Gasteiger partial charge < -0.3 is 5.11 Å². The molecule has 1 nitrogen and oxygen atoms in total. The summed E-state index contributed by atoms with van der Waals surface area (Å²) in [6, 6.07) is 0. The lowest BCUT2D eigenvalue weighted by molar-refractivity contribution is -0.230. The zero-order chi connectivity index (χ0) is 22.7. The second-order valence-electron chi connectivity index (χ2n) is 15.2. The van der Waals surface area contributed by atoms with E-state index in [0.717, 1.165) is 18.3 Å². The van der Waals surface area contributed by atoms with Gasteiger partial charge in [0, 0.05) is 5.41 Å². The van der Waals surface area contributed by atoms with Gasteiger partial charge in [-0.3, -0.25) is 0 Å². The molecule has 0 aliphatic heterocycles. The maximum atomic E-state index is 10.8. The van der Waals surface area contributed by atoms with Crippen molar-refractivity contribution in [1.82, 2.24) is 0 Å². The molecular formula is C30H50O. The molecule has 0 aromatic rings. The lowest BCUT2D eigenvalue weighted by Crippen LogP contribution is -2.65. The molecule has 0 bridgehead atoms. The summed E-state index contributed by atoms with van der Waals surface area (Å²) >= 11 is 0. The fraction of sp³-hybridized carbons (Fsp3) is 0.933. The molecule has 4 fully saturated rings. The normalized spacial score (nSPS) is 55.2. The molecule has 0 amide bonds. The van der Waals surface area contributed by atoms with E-state index >= 15 is 0 Å². The third kappa shape index (κ3) is 2.77. The molecule has 1 N–H and O–H groups in total. The predicted molar refractivity (Wildman–Crippen MR) is 131 cm³/mol. The highest BCUT2D eigenvalue weighted by molar-refractivity contribution is 5.30. The number of rotatable bonds is 0. The van der Waals surface area contributed by atoms with E-state index < -0.39 is 0 Å². The minimum atomic E-state index is -0.167. The van der Waals surface area contributed by atoms with Gasteiger partial charge in [0.15, 0.2) is 0 Å². The van der Waals surface area contributed by atoms with Gasteiger partial charge in [-0.2, -0.15) is 0 Å². The van der Waals surface area contributed by atoms with E-state index in [9.17, 15) is 5.11 Å². The molecule has 8 atom stereocenters. The van der Waals surface area contributed by atoms with Crippen molar-refractivity contribution in [3.63, 3.8) is 0 Å². The molecular weight excluding hydrogens is 376 g/mol. The minimum Gasteiger partial charge on any atom is -0.392 e. The largest absolute Gasteiger partial charge is 0.392 e. The Balaban J connectivity index is 1.57. The van der Waals surface area contributed by atoms with E-state index in [0.29, 0.717) is 33.0 Å². The first kappa shape index (κ1) is 22.5. The van der Waals surface area contributed by atoms with Gasteiger partial charge in [-0.25, -0.2) is 0 Å². The lowest BCUT2D eigenvalue weighted by Gasteiger charge is -2.73. The Morgan fingerprint density at radius 2 is 1.35 bits per heavy atom. The van der Waals surface area contributed by atoms with Crippen LogP contribution in [0.2, 0.25) is 0 Å². The third-order valence-electron chi connectivity index (χ3n) is 13.1. The minimum absolute atomic E-state index is 0.0446. The monoisotopic (exact) mass is 426 g/mol. The standard InChI is InChI=1S/C30H50O/c1-25(2)13-14-27(5)15-17-29(7)22-11-9-20-21(10-12-24(31)26(20,3)4)28(22,6)16-18-30(29,8)23(27)19-25/h9,21-24,31H,10-19H2,1-8H3/t21-,22+,23+,24+,27-,28+,29-,30+/m1/s1. The molecule has 5 rings (SSSR count). The van der Waals surface area contributed by atoms with Crippen molar-refractivity contribution in [3.8, 4) is 0 Å². The fourth-order valence-electron chi connectivity index (χ4n) is 10.4. The van der Waals surface area contributed by atoms with Crippen LogP contribution in [0.4, 0.5) is 0 Å². The van der Waals surface area contributed by atoms with Gasteiger partial charge >= 0.3 is 0 Å². The highest BCUT2D eigenvalue weighted by atomic mass is 16.3. The average Bonchev–Trinajstić information content (AvgIpc) is 2.68. The summed E-state index contributed by atoms with van der Waals surface area (Å²) in [4.78, 5) is 0. The van der Waals surface area contributed by atoms with Crippen LogP contribution in [0.15, 0.2) is 11.6 Å². The number of fused-ring (bicyclic) bond motifs is 7. The molecule has 4 saturated carbocycles. The third-order valence-corrected chi connectivity index (χ3v) is 13.1. The summed E-state index contributed by atoms with van der Waals surface area (Å²) in [6.07, 6.45) is 15.9. The number of aliphatic hydroxyl groups excluding tert-OH is 1. The molecule has 0 spiro atoms. The second kappa shape index (κ2) is 6.43. The Labute approximate surface area is 192 Å². The van der Waals surface area contributed by atoms with E-state index in [1.165, 1.54) is 57.8 Å². The molecule has 0 unspecified atom stereocenters. The van der Waals surface area contributed by atoms with Crippen molar-refractivity contribution in [2.75, 3.05) is 0 Å². The van der Waals surface area contributed by atoms with Gasteiger partial charge in [-0.05, 0) is 109 Å². The van der Waals surface area contributed by atoms with Gasteiger partial charge in [0.25, 0.3) is 0 Å². The number of allylic oxidation sites excluding steroid dienone is 1. The predicted octanol–water partition coefficient (Wildman–Crippen LogP) is 8.17. The summed E-state index contributed by atoms with van der Waals surface area (Å²) in [7, 11) is 0. The first-order valence-electron chi connectivity index (χ1n) is 13.6. The summed E-state index contributed by atoms with van der Waals surface area (Å²) in [6.45, 7) is 20.5. The molecule has 176 valence electrons. The van der Waals surface area contributed by atoms with Crippen LogP contribution >= 0.6 is 0 Å². The van der Waals surface area contributed by atoms with Gasteiger partial charge in [0.05, 0.1) is 6.10 Å². The van der Waals surface area contributed by atoms with Crippen LogP contribution in [0.1, 0.15) is 120 Å². The van der Waals surface area contributed by atoms with Crippen molar-refractivity contribution >= 4 is 0 Å². The first-order valence-corrected chi connectivity index (χ1v) is 13.6. The van der Waals surface area contributed by atoms with Crippen LogP contribution in [-0.2, 0) is 0 Å². The first-order chi connectivity index (χ1) is 14.2. The van der Waals surface area contributed by atoms with Gasteiger partial charge in [0.2, 0.25) is 0 Å². The molecule has 5 aliphatic rings. The summed E-state index contributed by atoms with van der Waals surface area (Å²) in [5.74, 6) is 2.36. The van der Waals surface area contributed by atoms with Gasteiger partial charge in [-0.15, -0.1) is 0 Å². The molecule has 0 heterocycles. The number of hydrogen-bond acceptors (Lipinski definition) is 1. The number of aliphatic hydroxyl groups is 1. The second-order valence-corrected chi connectivity index (χ2v) is 15.2. The van der Waals surface area contributed by atoms with Crippen molar-refractivity contribution in [2.24, 2.45) is 50.2 Å². The van der Waals surface area contributed by atoms with E-state index in [1.54, 1.807) is 5.57 Å². The Kier molecular flexibility index (Phi) is 4.66. The van der Waals surface area contributed by atoms with Crippen molar-refractivity contribution in [2.45, 2.75) is 126 Å². The van der Waals surface area contributed by atoms with E-state index in [4.69, 9.17) is 0 Å². The van der Waals surface area contributed by atoms with Crippen LogP contribution in [0.25, 0.3) is 0 Å². The SMILES string of the molecule is CC1(C)CC[C@]2(C)CC[C@]3(C)[C@H]4CC=C5[C@@H](CC[C@H](O)C5(C)C)[C@]4(C)CC[C@@]3(C)[C@H]2C1. The topological polar surface area (TPSA) is 20.2 Å². The molecule has 31 heavy (non-hydrogen) atoms. The highest BCUT2D eigenvalue weighted by Gasteiger charge is 2.69. The fourth-order valence-corrected chi connectivity index (χ4v) is 10.4. The number of hydrogen-bond donors (Lipinski definition) is 1. The van der Waals surface area contributed by atoms with Crippen LogP contribution in [0.5, 0.6) is 0 Å². The molecule has 0 aromatic heterocycles. The van der Waals surface area contributed by atoms with E-state index in [2.05, 4.69) is 61.5 Å². The Bertz CT molecular complexity index is 790. The Morgan fingerprint density at radius 1 is 0.742 bits per heavy atom. The van der Waals surface area contributed by atoms with Crippen LogP contribution < -0.4 is 0 Å². The summed E-state index contributed by atoms with van der Waals surface area (Å²) in [5.41, 5.74) is 3.96. The van der Waals surface area contributed by atoms with Crippen molar-refractivity contribution < 1.29 is 5.11 Å². The maximum Gasteiger partial charge on any atom is 0.0628 e. The smallest absolute Gasteiger partial charge is 0.0628 e. The van der Waals surface area contributed by atoms with Crippen molar-refractivity contribution in [1.29, 1.82) is 0 Å². The van der Waals surface area contributed by atoms with Gasteiger partial charge in [0.1, 0.15) is 0 Å². The van der Waals surface area contributed by atoms with Crippen LogP contribution in [-0.4, -0.2) is 11.2 Å². The molecule has 0 saturated heterocycles. The average molecular weight is 427 g/mol. The maximum absolute atomic E-state index is 10.8. The van der Waals surface area contributed by atoms with Gasteiger partial charge in [-0.1, -0.05) is 67.0 Å². The molecule has 1 heteroatoms. The Hall–Kier alpha value is -0.300. The quantitative estimate of drug-likeness (QED) is 0.387. The van der Waals surface area contributed by atoms with E-state index in [1.807, 2.05) is 0 Å². The molecule has 5 aliphatic carbocycles. The molecule has 0 radical (unpaired) electrons. The van der Waals surface area contributed by atoms with Crippen LogP contribution in [0.3, 0.4) is 0 Å². The summed E-state index contributed by atoms with van der Waals surface area (Å²) in [5, 5.41) is 10.8. The summed E-state index contributed by atoms with van der Waals surface area (Å²) < 4.78 is 0. The Morgan fingerprint density at radius 3 is 2.06 bits per heavy atom. The zero-order valence-corrected chi connectivity index (χ0v) is 21.9. The lowest BCUT2D eigenvalue weighted by atomic mass is 9.31. The van der Waals surface area contributed by atoms with E-state index in [-0.39, 0.29) is 11.5 Å². The highest BCUT2D eigenvalue weighted by Crippen LogP contribution is 2.77. The van der Waals surface area contributed by atoms with Crippen molar-refractivity contribution in [3.05, 3.63) is 11.6 Å².